The molecule has 0 spiro atoms. The maximum atomic E-state index is 13.1. The van der Waals surface area contributed by atoms with Crippen LogP contribution in [0.5, 0.6) is 0 Å². The van der Waals surface area contributed by atoms with E-state index in [2.05, 4.69) is 50.8 Å². The Morgan fingerprint density at radius 3 is 2.84 bits per heavy atom. The highest BCUT2D eigenvalue weighted by Crippen LogP contribution is 2.31. The zero-order valence-electron chi connectivity index (χ0n) is 18.1. The van der Waals surface area contributed by atoms with E-state index in [9.17, 15) is 4.79 Å². The van der Waals surface area contributed by atoms with Gasteiger partial charge in [0.05, 0.1) is 23.4 Å². The number of nitrogens with two attached hydrogens (primary N) is 1. The molecule has 0 saturated carbocycles. The first-order chi connectivity index (χ1) is 15.7. The summed E-state index contributed by atoms with van der Waals surface area (Å²) >= 11 is 0. The predicted octanol–water partition coefficient (Wildman–Crippen LogP) is 3.17. The number of benzene rings is 2. The molecule has 1 saturated heterocycles. The van der Waals surface area contributed by atoms with Gasteiger partial charge in [-0.3, -0.25) is 10.1 Å². The number of carbonyl (C=O) groups excluding carboxylic acids is 1. The van der Waals surface area contributed by atoms with Gasteiger partial charge in [0, 0.05) is 42.1 Å². The van der Waals surface area contributed by atoms with Crippen LogP contribution in [0.4, 0.5) is 0 Å². The van der Waals surface area contributed by atoms with Crippen molar-refractivity contribution in [2.45, 2.75) is 38.5 Å². The number of hydrogen-bond donors (Lipinski definition) is 2. The van der Waals surface area contributed by atoms with Crippen LogP contribution in [0.2, 0.25) is 0 Å². The number of hydrogen-bond acceptors (Lipinski definition) is 4. The largest absolute Gasteiger partial charge is 0.337 e. The summed E-state index contributed by atoms with van der Waals surface area (Å²) in [5, 5.41) is 4.77. The molecule has 3 N–H and O–H groups in total. The lowest BCUT2D eigenvalue weighted by Crippen LogP contribution is -2.45. The third kappa shape index (κ3) is 3.20. The van der Waals surface area contributed by atoms with Gasteiger partial charge in [-0.05, 0) is 56.1 Å². The summed E-state index contributed by atoms with van der Waals surface area (Å²) in [4.78, 5) is 20.1. The number of fused-ring (bicyclic) bond motifs is 7. The van der Waals surface area contributed by atoms with Crippen molar-refractivity contribution < 1.29 is 4.79 Å². The number of piperidine rings is 1. The number of likely N-dealkylation sites (tertiary alicyclic amines) is 1. The number of amides is 1. The summed E-state index contributed by atoms with van der Waals surface area (Å²) in [6.45, 7) is 3.98. The Morgan fingerprint density at radius 1 is 1.03 bits per heavy atom. The van der Waals surface area contributed by atoms with Crippen LogP contribution in [0.15, 0.2) is 48.5 Å². The van der Waals surface area contributed by atoms with Crippen LogP contribution in [0.25, 0.3) is 33.5 Å². The minimum absolute atomic E-state index is 0.0533. The molecule has 7 heteroatoms. The van der Waals surface area contributed by atoms with Crippen LogP contribution in [-0.2, 0) is 13.2 Å². The summed E-state index contributed by atoms with van der Waals surface area (Å²) in [6, 6.07) is 16.7. The van der Waals surface area contributed by atoms with Gasteiger partial charge in [-0.25, -0.2) is 4.98 Å². The van der Waals surface area contributed by atoms with Crippen molar-refractivity contribution >= 4 is 27.8 Å². The number of nitrogens with zero attached hydrogens (tertiary/aromatic N) is 4. The van der Waals surface area contributed by atoms with E-state index >= 15 is 0 Å². The van der Waals surface area contributed by atoms with E-state index in [-0.39, 0.29) is 11.9 Å². The van der Waals surface area contributed by atoms with Crippen molar-refractivity contribution in [3.8, 4) is 11.5 Å². The quantitative estimate of drug-likeness (QED) is 0.488. The number of aromatic nitrogens is 3. The maximum Gasteiger partial charge on any atom is 0.253 e. The molecule has 0 radical (unpaired) electrons. The summed E-state index contributed by atoms with van der Waals surface area (Å²) in [5.74, 6) is 1.02. The Bertz CT molecular complexity index is 1320. The van der Waals surface area contributed by atoms with Crippen LogP contribution < -0.4 is 11.1 Å². The summed E-state index contributed by atoms with van der Waals surface area (Å²) < 4.78 is 4.61. The van der Waals surface area contributed by atoms with E-state index in [4.69, 9.17) is 10.7 Å². The molecule has 1 amide bonds. The van der Waals surface area contributed by atoms with Gasteiger partial charge in [0.1, 0.15) is 0 Å². The van der Waals surface area contributed by atoms with Crippen molar-refractivity contribution in [3.63, 3.8) is 0 Å². The fourth-order valence-electron chi connectivity index (χ4n) is 5.18. The Kier molecular flexibility index (Phi) is 4.73. The number of imidazole rings is 1. The fourth-order valence-corrected chi connectivity index (χ4v) is 5.18. The average Bonchev–Trinajstić information content (AvgIpc) is 3.37. The van der Waals surface area contributed by atoms with Crippen LogP contribution in [-0.4, -0.2) is 50.6 Å². The molecule has 1 fully saturated rings. The third-order valence-electron chi connectivity index (χ3n) is 6.79. The van der Waals surface area contributed by atoms with Gasteiger partial charge >= 0.3 is 0 Å². The van der Waals surface area contributed by atoms with E-state index in [1.807, 2.05) is 17.0 Å². The van der Waals surface area contributed by atoms with Crippen LogP contribution in [0.3, 0.4) is 0 Å². The zero-order valence-corrected chi connectivity index (χ0v) is 18.1. The number of aryl methyl sites for hydroxylation is 1. The maximum absolute atomic E-state index is 13.1. The van der Waals surface area contributed by atoms with E-state index in [1.54, 1.807) is 0 Å². The van der Waals surface area contributed by atoms with Gasteiger partial charge < -0.3 is 19.8 Å². The molecule has 2 aromatic heterocycles. The van der Waals surface area contributed by atoms with Crippen molar-refractivity contribution in [1.82, 2.24) is 24.3 Å². The number of nitrogens with one attached hydrogen (secondary N) is 1. The highest BCUT2D eigenvalue weighted by molar-refractivity contribution is 5.98. The zero-order chi connectivity index (χ0) is 21.7. The summed E-state index contributed by atoms with van der Waals surface area (Å²) in [6.07, 6.45) is 2.97. The molecule has 0 bridgehead atoms. The van der Waals surface area contributed by atoms with E-state index in [1.165, 1.54) is 10.9 Å². The fraction of sp³-hybridized carbons (Fsp3) is 0.360. The molecule has 0 unspecified atom stereocenters. The lowest BCUT2D eigenvalue weighted by molar-refractivity contribution is 0.0709. The monoisotopic (exact) mass is 428 g/mol. The smallest absolute Gasteiger partial charge is 0.253 e. The van der Waals surface area contributed by atoms with Crippen molar-refractivity contribution in [2.75, 3.05) is 19.6 Å². The second-order valence-corrected chi connectivity index (χ2v) is 8.97. The van der Waals surface area contributed by atoms with Gasteiger partial charge in [-0.2, -0.15) is 0 Å². The van der Waals surface area contributed by atoms with Crippen molar-refractivity contribution in [2.24, 2.45) is 5.73 Å². The lowest BCUT2D eigenvalue weighted by Gasteiger charge is -2.30. The Hall–Kier alpha value is -3.16. The molecular weight excluding hydrogens is 400 g/mol. The standard InChI is InChI=1S/C25H28N6O/c26-19-6-3-11-29(15-19)25(32)18-8-9-22-20(13-18)28-24-23-14-17-5-1-2-7-21(17)31(23)16-27-10-4-12-30(22)24/h1-2,5,7-9,13-14,19,27H,3-4,6,10-12,15-16,26H2/t19-/m1/s1. The number of para-hydroxylation sites is 1. The van der Waals surface area contributed by atoms with Gasteiger partial charge in [0.25, 0.3) is 5.91 Å². The molecular formula is C25H28N6O. The van der Waals surface area contributed by atoms with Crippen molar-refractivity contribution in [1.29, 1.82) is 0 Å². The first kappa shape index (κ1) is 19.5. The molecule has 4 heterocycles. The molecule has 4 aromatic rings. The third-order valence-corrected chi connectivity index (χ3v) is 6.79. The van der Waals surface area contributed by atoms with Gasteiger partial charge in [-0.1, -0.05) is 18.2 Å². The molecule has 164 valence electrons. The molecule has 2 aliphatic heterocycles. The molecule has 0 aliphatic carbocycles. The first-order valence-corrected chi connectivity index (χ1v) is 11.5. The molecule has 32 heavy (non-hydrogen) atoms. The molecule has 2 aliphatic rings. The Labute approximate surface area is 186 Å². The molecule has 2 aromatic carbocycles. The summed E-state index contributed by atoms with van der Waals surface area (Å²) in [5.41, 5.74) is 11.0. The normalized spacial score (nSPS) is 19.3. The van der Waals surface area contributed by atoms with E-state index in [0.29, 0.717) is 12.1 Å². The second kappa shape index (κ2) is 7.76. The number of rotatable bonds is 1. The van der Waals surface area contributed by atoms with Gasteiger partial charge in [0.2, 0.25) is 0 Å². The minimum Gasteiger partial charge on any atom is -0.337 e. The summed E-state index contributed by atoms with van der Waals surface area (Å²) in [7, 11) is 0. The predicted molar refractivity (Wildman–Crippen MR) is 126 cm³/mol. The van der Waals surface area contributed by atoms with Crippen molar-refractivity contribution in [3.05, 3.63) is 54.1 Å². The van der Waals surface area contributed by atoms with E-state index < -0.39 is 0 Å². The Morgan fingerprint density at radius 2 is 1.94 bits per heavy atom. The van der Waals surface area contributed by atoms with Gasteiger partial charge in [-0.15, -0.1) is 0 Å². The van der Waals surface area contributed by atoms with Gasteiger partial charge in [0.15, 0.2) is 5.82 Å². The number of carbonyl (C=O) groups is 1. The van der Waals surface area contributed by atoms with E-state index in [0.717, 1.165) is 68.1 Å². The first-order valence-electron chi connectivity index (χ1n) is 11.5. The molecule has 6 rings (SSSR count). The van der Waals surface area contributed by atoms with Crippen LogP contribution in [0.1, 0.15) is 29.6 Å². The topological polar surface area (TPSA) is 81.1 Å². The lowest BCUT2D eigenvalue weighted by atomic mass is 10.1. The van der Waals surface area contributed by atoms with Crippen LogP contribution in [0, 0.1) is 0 Å². The second-order valence-electron chi connectivity index (χ2n) is 8.97. The molecule has 7 nitrogen and oxygen atoms in total. The Balaban J connectivity index is 1.47. The minimum atomic E-state index is 0.0533. The van der Waals surface area contributed by atoms with Crippen LogP contribution >= 0.6 is 0 Å². The SMILES string of the molecule is N[C@@H]1CCCN(C(=O)c2ccc3c(c2)nc2n3CCCNCn3c-2cc2ccccc23)C1. The highest BCUT2D eigenvalue weighted by atomic mass is 16.2. The average molecular weight is 429 g/mol. The highest BCUT2D eigenvalue weighted by Gasteiger charge is 2.24. The molecule has 1 atom stereocenters.